The van der Waals surface area contributed by atoms with E-state index in [1.54, 1.807) is 17.9 Å². The average Bonchev–Trinajstić information content (AvgIpc) is 2.70. The molecule has 0 amide bonds. The van der Waals surface area contributed by atoms with E-state index < -0.39 is 11.7 Å². The zero-order valence-corrected chi connectivity index (χ0v) is 8.85. The number of nitrogens with zero attached hydrogens (tertiary/aromatic N) is 2. The first-order valence-corrected chi connectivity index (χ1v) is 4.92. The van der Waals surface area contributed by atoms with Gasteiger partial charge < -0.3 is 14.7 Å². The fraction of sp³-hybridized carbons (Fsp3) is 0.600. The summed E-state index contributed by atoms with van der Waals surface area (Å²) in [7, 11) is 0. The highest BCUT2D eigenvalue weighted by molar-refractivity contribution is 5.81. The molecule has 5 heteroatoms. The molecule has 1 aliphatic heterocycles. The molecular formula is C10H16N2O3. The molecule has 0 spiro atoms. The van der Waals surface area contributed by atoms with Crippen LogP contribution in [0.1, 0.15) is 13.3 Å². The Labute approximate surface area is 89.1 Å². The van der Waals surface area contributed by atoms with E-state index in [0.29, 0.717) is 19.7 Å². The topological polar surface area (TPSA) is 62.1 Å². The van der Waals surface area contributed by atoms with Gasteiger partial charge in [0, 0.05) is 19.6 Å². The number of hydrogen-bond donors (Lipinski definition) is 1. The number of aliphatic imine (C=N–C) groups is 1. The Morgan fingerprint density at radius 3 is 3.00 bits per heavy atom. The van der Waals surface area contributed by atoms with Crippen molar-refractivity contribution >= 4 is 12.3 Å². The van der Waals surface area contributed by atoms with Gasteiger partial charge in [-0.05, 0) is 6.92 Å². The molecule has 0 fully saturated rings. The normalized spacial score (nSPS) is 18.9. The predicted molar refractivity (Wildman–Crippen MR) is 56.9 cm³/mol. The number of hydrogen-bond acceptors (Lipinski definition) is 4. The molecule has 1 unspecified atom stereocenters. The first-order valence-electron chi connectivity index (χ1n) is 4.92. The third-order valence-electron chi connectivity index (χ3n) is 2.29. The Bertz CT molecular complexity index is 278. The summed E-state index contributed by atoms with van der Waals surface area (Å²) in [5, 5.41) is 9.27. The first kappa shape index (κ1) is 11.7. The molecule has 0 radical (unpaired) electrons. The summed E-state index contributed by atoms with van der Waals surface area (Å²) >= 11 is 0. The van der Waals surface area contributed by atoms with Crippen molar-refractivity contribution in [3.05, 3.63) is 12.7 Å². The summed E-state index contributed by atoms with van der Waals surface area (Å²) in [5.41, 5.74) is -1.34. The first-order chi connectivity index (χ1) is 7.17. The van der Waals surface area contributed by atoms with Gasteiger partial charge in [-0.15, -0.1) is 6.58 Å². The van der Waals surface area contributed by atoms with Crippen LogP contribution in [0.25, 0.3) is 0 Å². The number of carbonyl (C=O) groups is 1. The summed E-state index contributed by atoms with van der Waals surface area (Å²) in [6.07, 6.45) is 3.32. The van der Waals surface area contributed by atoms with Gasteiger partial charge in [-0.1, -0.05) is 6.08 Å². The number of aliphatic carboxylic acids is 1. The lowest BCUT2D eigenvalue weighted by Gasteiger charge is -2.36. The van der Waals surface area contributed by atoms with Gasteiger partial charge in [-0.3, -0.25) is 4.99 Å². The van der Waals surface area contributed by atoms with Gasteiger partial charge in [0.1, 0.15) is 0 Å². The molecule has 1 N–H and O–H groups in total. The lowest BCUT2D eigenvalue weighted by Crippen LogP contribution is -2.55. The Morgan fingerprint density at radius 1 is 1.87 bits per heavy atom. The van der Waals surface area contributed by atoms with E-state index in [0.717, 1.165) is 0 Å². The van der Waals surface area contributed by atoms with Gasteiger partial charge in [0.25, 0.3) is 0 Å². The molecule has 1 heterocycles. The Balaban J connectivity index is 2.93. The Kier molecular flexibility index (Phi) is 3.85. The second kappa shape index (κ2) is 4.93. The van der Waals surface area contributed by atoms with Gasteiger partial charge in [0.05, 0.1) is 12.9 Å². The van der Waals surface area contributed by atoms with Crippen molar-refractivity contribution in [2.45, 2.75) is 19.1 Å². The summed E-state index contributed by atoms with van der Waals surface area (Å²) in [6.45, 7) is 6.86. The van der Waals surface area contributed by atoms with Gasteiger partial charge in [0.2, 0.25) is 5.72 Å². The van der Waals surface area contributed by atoms with Crippen molar-refractivity contribution in [3.8, 4) is 0 Å². The largest absolute Gasteiger partial charge is 0.478 e. The highest BCUT2D eigenvalue weighted by Crippen LogP contribution is 2.23. The van der Waals surface area contributed by atoms with Crippen LogP contribution in [0.15, 0.2) is 17.6 Å². The van der Waals surface area contributed by atoms with E-state index in [-0.39, 0.29) is 6.42 Å². The number of carboxylic acids is 1. The van der Waals surface area contributed by atoms with Gasteiger partial charge in [0.15, 0.2) is 0 Å². The maximum atomic E-state index is 11.3. The fourth-order valence-corrected chi connectivity index (χ4v) is 1.62. The molecular weight excluding hydrogens is 196 g/mol. The Hall–Kier alpha value is -1.36. The molecule has 0 aromatic heterocycles. The lowest BCUT2D eigenvalue weighted by atomic mass is 10.1. The molecule has 15 heavy (non-hydrogen) atoms. The predicted octanol–water partition coefficient (Wildman–Crippen LogP) is 0.724. The molecule has 0 bridgehead atoms. The van der Waals surface area contributed by atoms with Crippen molar-refractivity contribution < 1.29 is 14.6 Å². The van der Waals surface area contributed by atoms with Crippen molar-refractivity contribution in [2.75, 3.05) is 19.7 Å². The van der Waals surface area contributed by atoms with Crippen LogP contribution in [-0.2, 0) is 9.53 Å². The minimum Gasteiger partial charge on any atom is -0.478 e. The second-order valence-electron chi connectivity index (χ2n) is 3.23. The van der Waals surface area contributed by atoms with Crippen LogP contribution in [0.4, 0.5) is 0 Å². The zero-order valence-electron chi connectivity index (χ0n) is 8.85. The highest BCUT2D eigenvalue weighted by atomic mass is 16.5. The maximum Gasteiger partial charge on any atom is 0.357 e. The van der Waals surface area contributed by atoms with E-state index in [4.69, 9.17) is 4.74 Å². The smallest absolute Gasteiger partial charge is 0.357 e. The van der Waals surface area contributed by atoms with Crippen LogP contribution in [-0.4, -0.2) is 47.7 Å². The van der Waals surface area contributed by atoms with Crippen molar-refractivity contribution in [3.63, 3.8) is 0 Å². The highest BCUT2D eigenvalue weighted by Gasteiger charge is 2.44. The number of carboxylic acid groups (broad SMARTS) is 1. The molecule has 0 saturated heterocycles. The summed E-state index contributed by atoms with van der Waals surface area (Å²) in [6, 6.07) is 0. The molecule has 84 valence electrons. The summed E-state index contributed by atoms with van der Waals surface area (Å²) in [5.74, 6) is -1.00. The lowest BCUT2D eigenvalue weighted by molar-refractivity contribution is -0.184. The maximum absolute atomic E-state index is 11.3. The van der Waals surface area contributed by atoms with E-state index in [1.807, 2.05) is 0 Å². The van der Waals surface area contributed by atoms with Gasteiger partial charge in [-0.2, -0.15) is 0 Å². The number of rotatable bonds is 6. The third kappa shape index (κ3) is 2.18. The Morgan fingerprint density at radius 2 is 2.60 bits per heavy atom. The van der Waals surface area contributed by atoms with Crippen LogP contribution in [0.5, 0.6) is 0 Å². The van der Waals surface area contributed by atoms with Crippen molar-refractivity contribution in [2.24, 2.45) is 4.99 Å². The molecule has 0 aromatic carbocycles. The molecule has 1 atom stereocenters. The number of ether oxygens (including phenoxy) is 1. The molecule has 0 saturated carbocycles. The molecule has 1 aliphatic rings. The third-order valence-corrected chi connectivity index (χ3v) is 2.29. The monoisotopic (exact) mass is 212 g/mol. The van der Waals surface area contributed by atoms with Gasteiger partial charge in [-0.25, -0.2) is 4.79 Å². The van der Waals surface area contributed by atoms with Crippen molar-refractivity contribution in [1.29, 1.82) is 0 Å². The van der Waals surface area contributed by atoms with Crippen LogP contribution in [0.2, 0.25) is 0 Å². The SMILES string of the molecule is C=CCC(OCC)(C(=O)O)N1C=NCC1. The zero-order chi connectivity index (χ0) is 11.3. The average molecular weight is 212 g/mol. The van der Waals surface area contributed by atoms with Crippen LogP contribution < -0.4 is 0 Å². The van der Waals surface area contributed by atoms with E-state index in [2.05, 4.69) is 11.6 Å². The quantitative estimate of drug-likeness (QED) is 0.659. The fourth-order valence-electron chi connectivity index (χ4n) is 1.62. The van der Waals surface area contributed by atoms with E-state index in [9.17, 15) is 9.90 Å². The van der Waals surface area contributed by atoms with E-state index in [1.165, 1.54) is 6.34 Å². The van der Waals surface area contributed by atoms with Crippen LogP contribution >= 0.6 is 0 Å². The molecule has 0 aliphatic carbocycles. The van der Waals surface area contributed by atoms with Crippen LogP contribution in [0.3, 0.4) is 0 Å². The summed E-state index contributed by atoms with van der Waals surface area (Å²) < 4.78 is 5.38. The molecule has 1 rings (SSSR count). The van der Waals surface area contributed by atoms with E-state index >= 15 is 0 Å². The minimum atomic E-state index is -1.34. The van der Waals surface area contributed by atoms with Gasteiger partial charge >= 0.3 is 5.97 Å². The second-order valence-corrected chi connectivity index (χ2v) is 3.23. The van der Waals surface area contributed by atoms with Crippen molar-refractivity contribution in [1.82, 2.24) is 4.90 Å². The summed E-state index contributed by atoms with van der Waals surface area (Å²) in [4.78, 5) is 16.9. The molecule has 0 aromatic rings. The molecule has 5 nitrogen and oxygen atoms in total. The minimum absolute atomic E-state index is 0.238. The standard InChI is InChI=1S/C10H16N2O3/c1-3-5-10(9(13)14,15-4-2)12-7-6-11-8-12/h3,8H,1,4-7H2,2H3,(H,13,14). The van der Waals surface area contributed by atoms with Crippen LogP contribution in [0, 0.1) is 0 Å².